The van der Waals surface area contributed by atoms with Crippen molar-refractivity contribution in [1.29, 1.82) is 0 Å². The smallest absolute Gasteiger partial charge is 0.124 e. The fourth-order valence-corrected chi connectivity index (χ4v) is 1.91. The lowest BCUT2D eigenvalue weighted by Gasteiger charge is -2.11. The van der Waals surface area contributed by atoms with E-state index in [-0.39, 0.29) is 0 Å². The number of hydrogen-bond acceptors (Lipinski definition) is 3. The van der Waals surface area contributed by atoms with Crippen LogP contribution in [-0.2, 0) is 0 Å². The topological polar surface area (TPSA) is 46.0 Å². The maximum atomic E-state index is 10.1. The molecule has 0 saturated carbocycles. The van der Waals surface area contributed by atoms with Gasteiger partial charge in [-0.05, 0) is 19.1 Å². The van der Waals surface area contributed by atoms with Crippen molar-refractivity contribution in [2.24, 2.45) is 0 Å². The molecule has 1 atom stereocenters. The molecule has 0 aromatic carbocycles. The van der Waals surface area contributed by atoms with E-state index in [0.717, 1.165) is 5.69 Å². The van der Waals surface area contributed by atoms with Crippen LogP contribution in [0.2, 0.25) is 10.0 Å². The van der Waals surface area contributed by atoms with Gasteiger partial charge in [0.2, 0.25) is 0 Å². The van der Waals surface area contributed by atoms with Crippen LogP contribution < -0.4 is 0 Å². The number of nitrogens with zero attached hydrogens (tertiary/aromatic N) is 2. The van der Waals surface area contributed by atoms with Crippen molar-refractivity contribution in [2.45, 2.75) is 13.0 Å². The highest BCUT2D eigenvalue weighted by Crippen LogP contribution is 2.27. The van der Waals surface area contributed by atoms with Gasteiger partial charge in [0, 0.05) is 23.7 Å². The number of pyridine rings is 2. The molecule has 0 amide bonds. The number of aromatic nitrogens is 2. The van der Waals surface area contributed by atoms with Crippen LogP contribution in [0.4, 0.5) is 0 Å². The monoisotopic (exact) mass is 268 g/mol. The van der Waals surface area contributed by atoms with Gasteiger partial charge in [-0.2, -0.15) is 0 Å². The van der Waals surface area contributed by atoms with Crippen LogP contribution in [0, 0.1) is 6.92 Å². The first-order valence-corrected chi connectivity index (χ1v) is 5.75. The molecule has 5 heteroatoms. The summed E-state index contributed by atoms with van der Waals surface area (Å²) < 4.78 is 0. The van der Waals surface area contributed by atoms with Crippen molar-refractivity contribution >= 4 is 23.2 Å². The third kappa shape index (κ3) is 2.75. The first-order chi connectivity index (χ1) is 8.08. The van der Waals surface area contributed by atoms with E-state index in [1.54, 1.807) is 18.3 Å². The Morgan fingerprint density at radius 3 is 2.53 bits per heavy atom. The number of aliphatic hydroxyl groups excluding tert-OH is 1. The van der Waals surface area contributed by atoms with E-state index >= 15 is 0 Å². The summed E-state index contributed by atoms with van der Waals surface area (Å²) >= 11 is 11.7. The van der Waals surface area contributed by atoms with Gasteiger partial charge < -0.3 is 5.11 Å². The normalized spacial score (nSPS) is 12.5. The van der Waals surface area contributed by atoms with Gasteiger partial charge >= 0.3 is 0 Å². The molecule has 0 fully saturated rings. The quantitative estimate of drug-likeness (QED) is 0.910. The zero-order valence-electron chi connectivity index (χ0n) is 9.06. The molecule has 0 bridgehead atoms. The highest BCUT2D eigenvalue weighted by atomic mass is 35.5. The lowest BCUT2D eigenvalue weighted by molar-refractivity contribution is 0.215. The second kappa shape index (κ2) is 5.00. The standard InChI is InChI=1S/C12H10Cl2N2O/c1-7-2-3-8(5-15-7)12(17)11-10(14)4-9(13)6-16-11/h2-6,12,17H,1H3. The summed E-state index contributed by atoms with van der Waals surface area (Å²) in [6.45, 7) is 1.88. The van der Waals surface area contributed by atoms with E-state index in [9.17, 15) is 5.11 Å². The lowest BCUT2D eigenvalue weighted by Crippen LogP contribution is -2.03. The summed E-state index contributed by atoms with van der Waals surface area (Å²) in [6.07, 6.45) is 2.16. The van der Waals surface area contributed by atoms with Gasteiger partial charge in [-0.1, -0.05) is 29.3 Å². The van der Waals surface area contributed by atoms with Crippen molar-refractivity contribution in [1.82, 2.24) is 9.97 Å². The highest BCUT2D eigenvalue weighted by molar-refractivity contribution is 6.34. The van der Waals surface area contributed by atoms with Crippen LogP contribution in [0.3, 0.4) is 0 Å². The lowest BCUT2D eigenvalue weighted by atomic mass is 10.1. The number of rotatable bonds is 2. The average molecular weight is 269 g/mol. The summed E-state index contributed by atoms with van der Waals surface area (Å²) in [6, 6.07) is 5.16. The van der Waals surface area contributed by atoms with E-state index in [4.69, 9.17) is 23.2 Å². The van der Waals surface area contributed by atoms with Crippen molar-refractivity contribution in [3.8, 4) is 0 Å². The first-order valence-electron chi connectivity index (χ1n) is 4.99. The van der Waals surface area contributed by atoms with Crippen LogP contribution in [-0.4, -0.2) is 15.1 Å². The molecule has 0 aliphatic carbocycles. The molecule has 1 unspecified atom stereocenters. The zero-order valence-corrected chi connectivity index (χ0v) is 10.6. The molecule has 3 nitrogen and oxygen atoms in total. The molecule has 2 rings (SSSR count). The summed E-state index contributed by atoms with van der Waals surface area (Å²) in [5.74, 6) is 0. The van der Waals surface area contributed by atoms with E-state index in [1.807, 2.05) is 13.0 Å². The Labute approximate surface area is 109 Å². The van der Waals surface area contributed by atoms with Gasteiger partial charge in [-0.25, -0.2) is 0 Å². The van der Waals surface area contributed by atoms with E-state index in [0.29, 0.717) is 21.3 Å². The fourth-order valence-electron chi connectivity index (χ4n) is 1.43. The van der Waals surface area contributed by atoms with Crippen LogP contribution in [0.25, 0.3) is 0 Å². The summed E-state index contributed by atoms with van der Waals surface area (Å²) in [4.78, 5) is 8.15. The van der Waals surface area contributed by atoms with Gasteiger partial charge in [0.05, 0.1) is 15.7 Å². The van der Waals surface area contributed by atoms with Gasteiger partial charge in [-0.15, -0.1) is 0 Å². The van der Waals surface area contributed by atoms with Gasteiger partial charge in [0.25, 0.3) is 0 Å². The highest BCUT2D eigenvalue weighted by Gasteiger charge is 2.16. The Balaban J connectivity index is 2.36. The minimum absolute atomic E-state index is 0.338. The van der Waals surface area contributed by atoms with Crippen LogP contribution in [0.15, 0.2) is 30.6 Å². The summed E-state index contributed by atoms with van der Waals surface area (Å²) in [5, 5.41) is 10.9. The molecule has 0 spiro atoms. The van der Waals surface area contributed by atoms with Crippen molar-refractivity contribution in [3.05, 3.63) is 57.6 Å². The van der Waals surface area contributed by atoms with E-state index in [1.165, 1.54) is 6.20 Å². The Morgan fingerprint density at radius 1 is 1.18 bits per heavy atom. The van der Waals surface area contributed by atoms with Crippen LogP contribution in [0.1, 0.15) is 23.1 Å². The Bertz CT molecular complexity index is 529. The third-order valence-corrected chi connectivity index (χ3v) is 2.85. The number of halogens is 2. The van der Waals surface area contributed by atoms with Gasteiger partial charge in [0.15, 0.2) is 0 Å². The van der Waals surface area contributed by atoms with Gasteiger partial charge in [-0.3, -0.25) is 9.97 Å². The largest absolute Gasteiger partial charge is 0.382 e. The molecule has 2 aromatic heterocycles. The summed E-state index contributed by atoms with van der Waals surface area (Å²) in [7, 11) is 0. The molecular formula is C12H10Cl2N2O. The van der Waals surface area contributed by atoms with Crippen LogP contribution >= 0.6 is 23.2 Å². The zero-order chi connectivity index (χ0) is 12.4. The Morgan fingerprint density at radius 2 is 1.94 bits per heavy atom. The minimum Gasteiger partial charge on any atom is -0.382 e. The van der Waals surface area contributed by atoms with E-state index in [2.05, 4.69) is 9.97 Å². The van der Waals surface area contributed by atoms with Crippen molar-refractivity contribution in [2.75, 3.05) is 0 Å². The average Bonchev–Trinajstić information content (AvgIpc) is 2.29. The molecule has 0 saturated heterocycles. The van der Waals surface area contributed by atoms with Crippen molar-refractivity contribution < 1.29 is 5.11 Å². The molecule has 0 aliphatic heterocycles. The molecule has 1 N–H and O–H groups in total. The maximum absolute atomic E-state index is 10.1. The Hall–Kier alpha value is -1.16. The minimum atomic E-state index is -0.895. The van der Waals surface area contributed by atoms with Gasteiger partial charge in [0.1, 0.15) is 6.10 Å². The third-order valence-electron chi connectivity index (χ3n) is 2.35. The maximum Gasteiger partial charge on any atom is 0.124 e. The molecule has 88 valence electrons. The molecule has 17 heavy (non-hydrogen) atoms. The second-order valence-electron chi connectivity index (χ2n) is 3.66. The molecule has 0 radical (unpaired) electrons. The SMILES string of the molecule is Cc1ccc(C(O)c2ncc(Cl)cc2Cl)cn1. The van der Waals surface area contributed by atoms with E-state index < -0.39 is 6.10 Å². The number of hydrogen-bond donors (Lipinski definition) is 1. The second-order valence-corrected chi connectivity index (χ2v) is 4.50. The predicted octanol–water partition coefficient (Wildman–Crippen LogP) is 3.17. The molecule has 2 aromatic rings. The number of aryl methyl sites for hydroxylation is 1. The van der Waals surface area contributed by atoms with Crippen LogP contribution in [0.5, 0.6) is 0 Å². The van der Waals surface area contributed by atoms with Crippen molar-refractivity contribution in [3.63, 3.8) is 0 Å². The molecule has 0 aliphatic rings. The number of aliphatic hydroxyl groups is 1. The predicted molar refractivity (Wildman–Crippen MR) is 67.3 cm³/mol. The molecule has 2 heterocycles. The fraction of sp³-hybridized carbons (Fsp3) is 0.167. The summed E-state index contributed by atoms with van der Waals surface area (Å²) in [5.41, 5.74) is 1.91. The molecular weight excluding hydrogens is 259 g/mol. The first kappa shape index (κ1) is 12.3. The Kier molecular flexibility index (Phi) is 3.62.